The molecule has 0 aliphatic heterocycles. The Morgan fingerprint density at radius 2 is 1.50 bits per heavy atom. The van der Waals surface area contributed by atoms with Crippen molar-refractivity contribution in [1.82, 2.24) is 0 Å². The molecular formula is C17H22Si. The molecular weight excluding hydrogens is 232 g/mol. The molecule has 0 amide bonds. The van der Waals surface area contributed by atoms with Gasteiger partial charge in [0.25, 0.3) is 0 Å². The van der Waals surface area contributed by atoms with E-state index in [0.717, 1.165) is 16.3 Å². The molecule has 94 valence electrons. The van der Waals surface area contributed by atoms with Gasteiger partial charge in [-0.25, -0.2) is 0 Å². The number of rotatable bonds is 2. The third-order valence-corrected chi connectivity index (χ3v) is 5.10. The van der Waals surface area contributed by atoms with Crippen molar-refractivity contribution in [1.29, 1.82) is 0 Å². The lowest BCUT2D eigenvalue weighted by Crippen LogP contribution is -2.39. The van der Waals surface area contributed by atoms with Gasteiger partial charge in [-0.3, -0.25) is 0 Å². The van der Waals surface area contributed by atoms with Crippen LogP contribution in [-0.2, 0) is 0 Å². The van der Waals surface area contributed by atoms with Crippen molar-refractivity contribution in [3.8, 4) is 11.1 Å². The predicted octanol–water partition coefficient (Wildman–Crippen LogP) is 4.52. The van der Waals surface area contributed by atoms with Crippen LogP contribution in [0.15, 0.2) is 42.5 Å². The maximum absolute atomic E-state index is 7.85. The van der Waals surface area contributed by atoms with Crippen LogP contribution in [-0.4, -0.2) is 8.07 Å². The van der Waals surface area contributed by atoms with Crippen LogP contribution in [0.5, 0.6) is 0 Å². The van der Waals surface area contributed by atoms with Gasteiger partial charge in [0.05, 0.1) is 8.07 Å². The molecule has 1 heteroatoms. The van der Waals surface area contributed by atoms with E-state index in [1.54, 1.807) is 30.3 Å². The van der Waals surface area contributed by atoms with Crippen molar-refractivity contribution >= 4 is 13.3 Å². The summed E-state index contributed by atoms with van der Waals surface area (Å²) in [4.78, 5) is 0. The normalized spacial score (nSPS) is 17.9. The lowest BCUT2D eigenvalue weighted by molar-refractivity contribution is 1.45. The molecule has 0 saturated heterocycles. The van der Waals surface area contributed by atoms with Gasteiger partial charge < -0.3 is 0 Å². The van der Waals surface area contributed by atoms with Gasteiger partial charge in [-0.1, -0.05) is 78.4 Å². The van der Waals surface area contributed by atoms with Gasteiger partial charge in [0.2, 0.25) is 0 Å². The smallest absolute Gasteiger partial charge is 0.0656 e. The van der Waals surface area contributed by atoms with Crippen LogP contribution in [0.2, 0.25) is 19.6 Å². The fourth-order valence-electron chi connectivity index (χ4n) is 2.04. The van der Waals surface area contributed by atoms with Crippen LogP contribution in [0.3, 0.4) is 0 Å². The largest absolute Gasteiger partial charge is 0.0779 e. The summed E-state index contributed by atoms with van der Waals surface area (Å²) in [6.07, 6.45) is 0. The van der Waals surface area contributed by atoms with E-state index in [9.17, 15) is 0 Å². The molecule has 0 aromatic heterocycles. The monoisotopic (exact) mass is 260 g/mol. The summed E-state index contributed by atoms with van der Waals surface area (Å²) in [7, 11) is -1.78. The Morgan fingerprint density at radius 1 is 0.833 bits per heavy atom. The van der Waals surface area contributed by atoms with Crippen molar-refractivity contribution in [2.24, 2.45) is 0 Å². The molecule has 0 N–H and O–H groups in total. The summed E-state index contributed by atoms with van der Waals surface area (Å²) in [5, 5.41) is 0.936. The van der Waals surface area contributed by atoms with Crippen molar-refractivity contribution in [2.75, 3.05) is 0 Å². The fourth-order valence-corrected chi connectivity index (χ4v) is 3.50. The van der Waals surface area contributed by atoms with E-state index in [1.165, 1.54) is 0 Å². The molecule has 0 nitrogen and oxygen atoms in total. The molecule has 0 fully saturated rings. The molecule has 0 atom stereocenters. The Bertz CT molecular complexity index is 721. The standard InChI is InChI=1S/C17H22Si/c1-13-6-8-15(9-7-13)16-10-11-17(14(2)12-16)18(3,4)5/h6-12H,1-5H3/i1D3,2D3. The first-order valence-electron chi connectivity index (χ1n) is 9.06. The second-order valence-corrected chi connectivity index (χ2v) is 10.6. The van der Waals surface area contributed by atoms with E-state index in [0.29, 0.717) is 5.56 Å². The second-order valence-electron chi connectivity index (χ2n) is 5.59. The average Bonchev–Trinajstić information content (AvgIpc) is 2.44. The minimum Gasteiger partial charge on any atom is -0.0656 e. The van der Waals surface area contributed by atoms with Gasteiger partial charge in [0.15, 0.2) is 0 Å². The molecule has 0 saturated carbocycles. The Labute approximate surface area is 120 Å². The van der Waals surface area contributed by atoms with Crippen molar-refractivity contribution in [3.05, 3.63) is 53.6 Å². The molecule has 0 aliphatic carbocycles. The molecule has 0 spiro atoms. The van der Waals surface area contributed by atoms with Crippen molar-refractivity contribution in [3.63, 3.8) is 0 Å². The van der Waals surface area contributed by atoms with E-state index in [4.69, 9.17) is 8.22 Å². The molecule has 0 unspecified atom stereocenters. The third kappa shape index (κ3) is 2.73. The number of benzene rings is 2. The quantitative estimate of drug-likeness (QED) is 0.697. The zero-order chi connectivity index (χ0) is 18.3. The summed E-state index contributed by atoms with van der Waals surface area (Å²) in [5.41, 5.74) is 2.29. The van der Waals surface area contributed by atoms with Crippen LogP contribution < -0.4 is 5.19 Å². The van der Waals surface area contributed by atoms with E-state index >= 15 is 0 Å². The first kappa shape index (κ1) is 7.30. The first-order chi connectivity index (χ1) is 10.8. The highest BCUT2D eigenvalue weighted by atomic mass is 28.3. The summed E-state index contributed by atoms with van der Waals surface area (Å²) in [6.45, 7) is 2.08. The van der Waals surface area contributed by atoms with Gasteiger partial charge in [0.1, 0.15) is 0 Å². The lowest BCUT2D eigenvalue weighted by atomic mass is 10.0. The van der Waals surface area contributed by atoms with Gasteiger partial charge in [-0.2, -0.15) is 0 Å². The SMILES string of the molecule is [2H]C([2H])([2H])c1ccc(-c2ccc([Si](C)(C)C)c(C([2H])([2H])[2H])c2)cc1. The lowest BCUT2D eigenvalue weighted by Gasteiger charge is -2.20. The molecule has 2 aromatic carbocycles. The van der Waals surface area contributed by atoms with Crippen LogP contribution in [0.4, 0.5) is 0 Å². The van der Waals surface area contributed by atoms with Crippen LogP contribution in [0.1, 0.15) is 19.4 Å². The van der Waals surface area contributed by atoms with Gasteiger partial charge in [-0.05, 0) is 24.8 Å². The Hall–Kier alpha value is -1.34. The molecule has 2 rings (SSSR count). The highest BCUT2D eigenvalue weighted by molar-refractivity contribution is 6.89. The number of hydrogen-bond donors (Lipinski definition) is 0. The Kier molecular flexibility index (Phi) is 1.92. The van der Waals surface area contributed by atoms with E-state index in [2.05, 4.69) is 19.6 Å². The zero-order valence-corrected chi connectivity index (χ0v) is 12.0. The Morgan fingerprint density at radius 3 is 2.06 bits per heavy atom. The molecule has 0 aliphatic rings. The van der Waals surface area contributed by atoms with E-state index in [1.807, 2.05) is 12.1 Å². The summed E-state index contributed by atoms with van der Waals surface area (Å²) in [5.74, 6) is 0. The van der Waals surface area contributed by atoms with Crippen molar-refractivity contribution in [2.45, 2.75) is 33.3 Å². The average molecular weight is 260 g/mol. The molecule has 18 heavy (non-hydrogen) atoms. The van der Waals surface area contributed by atoms with E-state index in [-0.39, 0.29) is 5.56 Å². The van der Waals surface area contributed by atoms with Gasteiger partial charge in [-0.15, -0.1) is 0 Å². The highest BCUT2D eigenvalue weighted by Crippen LogP contribution is 2.21. The third-order valence-electron chi connectivity index (χ3n) is 3.05. The zero-order valence-electron chi connectivity index (χ0n) is 17.0. The predicted molar refractivity (Wildman–Crippen MR) is 84.3 cm³/mol. The Balaban J connectivity index is 2.53. The van der Waals surface area contributed by atoms with E-state index < -0.39 is 21.8 Å². The maximum Gasteiger partial charge on any atom is 0.0779 e. The fraction of sp³-hybridized carbons (Fsp3) is 0.294. The van der Waals surface area contributed by atoms with Gasteiger partial charge >= 0.3 is 0 Å². The maximum atomic E-state index is 7.85. The first-order valence-corrected chi connectivity index (χ1v) is 9.56. The van der Waals surface area contributed by atoms with Crippen LogP contribution in [0.25, 0.3) is 11.1 Å². The topological polar surface area (TPSA) is 0 Å². The van der Waals surface area contributed by atoms with Gasteiger partial charge in [0, 0.05) is 8.22 Å². The van der Waals surface area contributed by atoms with Crippen LogP contribution in [0, 0.1) is 13.7 Å². The minimum absolute atomic E-state index is 0.279. The molecule has 0 bridgehead atoms. The second kappa shape index (κ2) is 4.73. The number of hydrogen-bond acceptors (Lipinski definition) is 0. The summed E-state index contributed by atoms with van der Waals surface area (Å²) < 4.78 is 45.8. The van der Waals surface area contributed by atoms with Crippen LogP contribution >= 0.6 is 0 Å². The van der Waals surface area contributed by atoms with Crippen molar-refractivity contribution < 1.29 is 8.22 Å². The number of aryl methyl sites for hydroxylation is 2. The highest BCUT2D eigenvalue weighted by Gasteiger charge is 2.18. The summed E-state index contributed by atoms with van der Waals surface area (Å²) in [6, 6.07) is 12.2. The molecule has 2 aromatic rings. The summed E-state index contributed by atoms with van der Waals surface area (Å²) >= 11 is 0. The molecule has 0 radical (unpaired) electrons. The molecule has 0 heterocycles. The minimum atomic E-state index is -2.16.